The van der Waals surface area contributed by atoms with Gasteiger partial charge in [0.2, 0.25) is 0 Å². The van der Waals surface area contributed by atoms with E-state index in [2.05, 4.69) is 0 Å². The lowest BCUT2D eigenvalue weighted by atomic mass is 9.95. The molecule has 0 amide bonds. The highest BCUT2D eigenvalue weighted by Crippen LogP contribution is 2.52. The predicted octanol–water partition coefficient (Wildman–Crippen LogP) is 5.35. The molecule has 126 valence electrons. The number of allylic oxidation sites excluding steroid dienone is 2. The average Bonchev–Trinajstić information content (AvgIpc) is 2.23. The van der Waals surface area contributed by atoms with Gasteiger partial charge in [0.1, 0.15) is 0 Å². The van der Waals surface area contributed by atoms with Crippen LogP contribution < -0.4 is 0 Å². The Labute approximate surface area is 109 Å². The Kier molecular flexibility index (Phi) is 4.71. The van der Waals surface area contributed by atoms with Crippen LogP contribution in [-0.2, 0) is 0 Å². The third-order valence-corrected chi connectivity index (χ3v) is 2.50. The van der Waals surface area contributed by atoms with Crippen molar-refractivity contribution in [1.29, 1.82) is 0 Å². The van der Waals surface area contributed by atoms with Crippen molar-refractivity contribution in [3.8, 4) is 0 Å². The normalized spacial score (nSPS) is 19.1. The van der Waals surface area contributed by atoms with Gasteiger partial charge in [-0.05, 0) is 13.8 Å². The fraction of sp³-hybridized carbons (Fsp3) is 0.778. The van der Waals surface area contributed by atoms with Gasteiger partial charge in [-0.15, -0.1) is 0 Å². The highest BCUT2D eigenvalue weighted by molar-refractivity contribution is 5.26. The smallest absolute Gasteiger partial charge is 0.226 e. The van der Waals surface area contributed by atoms with Crippen LogP contribution in [-0.4, -0.2) is 29.9 Å². The Morgan fingerprint density at radius 3 is 1.24 bits per heavy atom. The van der Waals surface area contributed by atoms with Crippen LogP contribution in [0, 0.1) is 0 Å². The van der Waals surface area contributed by atoms with Crippen molar-refractivity contribution in [1.82, 2.24) is 0 Å². The minimum atomic E-state index is -6.89. The number of hydrogen-bond acceptors (Lipinski definition) is 0. The van der Waals surface area contributed by atoms with Crippen molar-refractivity contribution in [2.24, 2.45) is 0 Å². The van der Waals surface area contributed by atoms with E-state index in [0.717, 1.165) is 0 Å². The van der Waals surface area contributed by atoms with E-state index >= 15 is 0 Å². The first-order valence-corrected chi connectivity index (χ1v) is 4.77. The molecule has 0 rings (SSSR count). The minimum absolute atomic E-state index is 0.488. The molecular weight excluding hydrogens is 336 g/mol. The van der Waals surface area contributed by atoms with E-state index in [1.54, 1.807) is 0 Å². The van der Waals surface area contributed by atoms with Gasteiger partial charge in [0.25, 0.3) is 5.67 Å². The Balaban J connectivity index is 6.13. The first kappa shape index (κ1) is 19.9. The molecule has 0 aromatic carbocycles. The van der Waals surface area contributed by atoms with E-state index in [1.165, 1.54) is 0 Å². The lowest BCUT2D eigenvalue weighted by molar-refractivity contribution is -0.345. The second-order valence-corrected chi connectivity index (χ2v) is 4.09. The molecular formula is C9H6F12. The van der Waals surface area contributed by atoms with Crippen molar-refractivity contribution >= 4 is 0 Å². The highest BCUT2D eigenvalue weighted by atomic mass is 19.4. The third kappa shape index (κ3) is 3.07. The maximum atomic E-state index is 13.1. The van der Waals surface area contributed by atoms with E-state index in [0.29, 0.717) is 0 Å². The van der Waals surface area contributed by atoms with Crippen LogP contribution in [0.4, 0.5) is 52.7 Å². The van der Waals surface area contributed by atoms with Crippen molar-refractivity contribution in [2.45, 2.75) is 43.7 Å². The molecule has 0 aliphatic heterocycles. The molecule has 0 bridgehead atoms. The van der Waals surface area contributed by atoms with Gasteiger partial charge in [-0.1, -0.05) is 0 Å². The fourth-order valence-electron chi connectivity index (χ4n) is 1.03. The molecule has 0 spiro atoms. The first-order valence-electron chi connectivity index (χ1n) is 4.77. The van der Waals surface area contributed by atoms with Crippen LogP contribution in [0.2, 0.25) is 0 Å². The van der Waals surface area contributed by atoms with Crippen LogP contribution in [0.3, 0.4) is 0 Å². The third-order valence-electron chi connectivity index (χ3n) is 2.50. The molecule has 0 nitrogen and oxygen atoms in total. The van der Waals surface area contributed by atoms with Crippen LogP contribution in [0.1, 0.15) is 13.8 Å². The zero-order valence-electron chi connectivity index (χ0n) is 10.0. The summed E-state index contributed by atoms with van der Waals surface area (Å²) in [7, 11) is 0. The van der Waals surface area contributed by atoms with Gasteiger partial charge in [0, 0.05) is 5.57 Å². The molecule has 12 heteroatoms. The predicted molar refractivity (Wildman–Crippen MR) is 45.3 cm³/mol. The second-order valence-electron chi connectivity index (χ2n) is 4.09. The van der Waals surface area contributed by atoms with Crippen LogP contribution >= 0.6 is 0 Å². The quantitative estimate of drug-likeness (QED) is 0.606. The van der Waals surface area contributed by atoms with E-state index in [1.807, 2.05) is 0 Å². The number of alkyl halides is 11. The van der Waals surface area contributed by atoms with Crippen LogP contribution in [0.5, 0.6) is 0 Å². The summed E-state index contributed by atoms with van der Waals surface area (Å²) in [5.41, 5.74) is -8.16. The lowest BCUT2D eigenvalue weighted by Gasteiger charge is -2.31. The van der Waals surface area contributed by atoms with E-state index in [4.69, 9.17) is 0 Å². The molecule has 1 atom stereocenters. The van der Waals surface area contributed by atoms with Gasteiger partial charge in [-0.2, -0.15) is 43.9 Å². The summed E-state index contributed by atoms with van der Waals surface area (Å²) in [5, 5.41) is 0. The summed E-state index contributed by atoms with van der Waals surface area (Å²) >= 11 is 0. The summed E-state index contributed by atoms with van der Waals surface area (Å²) in [6.45, 7) is -1.12. The topological polar surface area (TPSA) is 0 Å². The summed E-state index contributed by atoms with van der Waals surface area (Å²) in [4.78, 5) is 0. The lowest BCUT2D eigenvalue weighted by Crippen LogP contribution is -2.53. The minimum Gasteiger partial charge on any atom is -0.226 e. The van der Waals surface area contributed by atoms with E-state index < -0.39 is 55.1 Å². The molecule has 1 unspecified atom stereocenters. The van der Waals surface area contributed by atoms with Gasteiger partial charge in [0.05, 0.1) is 0 Å². The maximum Gasteiger partial charge on any atom is 0.460 e. The zero-order chi connectivity index (χ0) is 17.7. The molecule has 0 saturated heterocycles. The number of halogens is 12. The molecule has 21 heavy (non-hydrogen) atoms. The van der Waals surface area contributed by atoms with Gasteiger partial charge in [0.15, 0.2) is 5.83 Å². The summed E-state index contributed by atoms with van der Waals surface area (Å²) in [5.74, 6) is -16.8. The van der Waals surface area contributed by atoms with E-state index in [-0.39, 0.29) is 0 Å². The van der Waals surface area contributed by atoms with Gasteiger partial charge in [-0.3, -0.25) is 0 Å². The SMILES string of the molecule is C/C(=C(\F)C(C)(F)C(F)(F)F)C(F)(F)C(F)(F)C(F)(F)F. The first-order chi connectivity index (χ1) is 8.82. The van der Waals surface area contributed by atoms with Crippen molar-refractivity contribution in [2.75, 3.05) is 0 Å². The Bertz CT molecular complexity index is 421. The molecule has 0 fully saturated rings. The molecule has 0 aliphatic carbocycles. The molecule has 0 radical (unpaired) electrons. The standard InChI is InChI=1S/C9H6F12/c1-3(4(10)5(2,11)8(16,17)18)6(12,13)7(14,15)9(19,20)21/h1-2H3/b4-3+. The highest BCUT2D eigenvalue weighted by Gasteiger charge is 2.74. The van der Waals surface area contributed by atoms with Gasteiger partial charge in [-0.25, -0.2) is 8.78 Å². The van der Waals surface area contributed by atoms with Gasteiger partial charge >= 0.3 is 24.2 Å². The van der Waals surface area contributed by atoms with Gasteiger partial charge < -0.3 is 0 Å². The van der Waals surface area contributed by atoms with Crippen molar-refractivity contribution in [3.63, 3.8) is 0 Å². The Morgan fingerprint density at radius 1 is 0.667 bits per heavy atom. The molecule has 0 aromatic heterocycles. The average molecular weight is 342 g/mol. The zero-order valence-corrected chi connectivity index (χ0v) is 10.0. The maximum absolute atomic E-state index is 13.1. The molecule has 0 aromatic rings. The molecule has 0 saturated carbocycles. The largest absolute Gasteiger partial charge is 0.460 e. The molecule has 0 heterocycles. The second kappa shape index (κ2) is 4.97. The summed E-state index contributed by atoms with van der Waals surface area (Å²) < 4.78 is 149. The Hall–Kier alpha value is -1.10. The summed E-state index contributed by atoms with van der Waals surface area (Å²) in [6, 6.07) is 0. The number of rotatable bonds is 3. The molecule has 0 aliphatic rings. The fourth-order valence-corrected chi connectivity index (χ4v) is 1.03. The number of hydrogen-bond donors (Lipinski definition) is 0. The van der Waals surface area contributed by atoms with E-state index in [9.17, 15) is 52.7 Å². The summed E-state index contributed by atoms with van der Waals surface area (Å²) in [6.07, 6.45) is -13.0. The Morgan fingerprint density at radius 2 is 1.00 bits per heavy atom. The van der Waals surface area contributed by atoms with Crippen LogP contribution in [0.25, 0.3) is 0 Å². The van der Waals surface area contributed by atoms with Crippen LogP contribution in [0.15, 0.2) is 11.4 Å². The van der Waals surface area contributed by atoms with Crippen molar-refractivity contribution in [3.05, 3.63) is 11.4 Å². The molecule has 0 N–H and O–H groups in total. The van der Waals surface area contributed by atoms with Crippen molar-refractivity contribution < 1.29 is 52.7 Å². The monoisotopic (exact) mass is 342 g/mol.